The molecule has 0 amide bonds. The number of nitrogens with zero attached hydrogens (tertiary/aromatic N) is 5. The topological polar surface area (TPSA) is 80.0 Å². The van der Waals surface area contributed by atoms with Crippen LogP contribution in [0, 0.1) is 0 Å². The molecule has 0 spiro atoms. The quantitative estimate of drug-likeness (QED) is 0.309. The second-order valence-corrected chi connectivity index (χ2v) is 5.96. The van der Waals surface area contributed by atoms with Crippen LogP contribution in [0.5, 0.6) is 0 Å². The Labute approximate surface area is 176 Å². The zero-order chi connectivity index (χ0) is 18.2. The lowest BCUT2D eigenvalue weighted by atomic mass is 10.1. The number of pyridine rings is 1. The van der Waals surface area contributed by atoms with E-state index in [0.29, 0.717) is 0 Å². The molecule has 0 saturated heterocycles. The number of hydrogen-bond acceptors (Lipinski definition) is 4. The molecule has 7 nitrogen and oxygen atoms in total. The number of aryl methyl sites for hydroxylation is 1. The third kappa shape index (κ3) is 5.62. The van der Waals surface area contributed by atoms with Gasteiger partial charge in [0.1, 0.15) is 12.2 Å². The van der Waals surface area contributed by atoms with Crippen molar-refractivity contribution in [3.05, 3.63) is 54.2 Å². The molecular weight excluding hydrogens is 453 g/mol. The lowest BCUT2D eigenvalue weighted by Gasteiger charge is -2.13. The van der Waals surface area contributed by atoms with E-state index in [1.165, 1.54) is 10.9 Å². The van der Waals surface area contributed by atoms with E-state index in [1.54, 1.807) is 13.4 Å². The van der Waals surface area contributed by atoms with Crippen LogP contribution in [0.4, 0.5) is 0 Å². The van der Waals surface area contributed by atoms with Gasteiger partial charge in [-0.3, -0.25) is 9.98 Å². The van der Waals surface area contributed by atoms with Crippen LogP contribution < -0.4 is 10.6 Å². The molecule has 2 N–H and O–H groups in total. The first kappa shape index (κ1) is 21.1. The number of guanidine groups is 1. The monoisotopic (exact) mass is 479 g/mol. The summed E-state index contributed by atoms with van der Waals surface area (Å²) in [4.78, 5) is 8.79. The summed E-state index contributed by atoms with van der Waals surface area (Å²) in [7, 11) is 1.78. The average Bonchev–Trinajstić information content (AvgIpc) is 3.14. The predicted octanol–water partition coefficient (Wildman–Crippen LogP) is 2.41. The largest absolute Gasteiger partial charge is 0.356 e. The summed E-state index contributed by atoms with van der Waals surface area (Å²) in [5.41, 5.74) is 2.31. The molecule has 0 bridgehead atoms. The summed E-state index contributed by atoms with van der Waals surface area (Å²) in [6, 6.07) is 10.4. The van der Waals surface area contributed by atoms with Crippen molar-refractivity contribution in [3.63, 3.8) is 0 Å². The number of hydrogen-bond donors (Lipinski definition) is 2. The van der Waals surface area contributed by atoms with Gasteiger partial charge >= 0.3 is 0 Å². The number of aromatic nitrogens is 4. The average molecular weight is 479 g/mol. The fourth-order valence-electron chi connectivity index (χ4n) is 2.94. The number of fused-ring (bicyclic) bond motifs is 1. The maximum absolute atomic E-state index is 4.51. The minimum Gasteiger partial charge on any atom is -0.356 e. The highest BCUT2D eigenvalue weighted by Gasteiger charge is 2.04. The number of aliphatic imine (C=N–C) groups is 1. The van der Waals surface area contributed by atoms with Crippen LogP contribution in [-0.4, -0.2) is 45.8 Å². The van der Waals surface area contributed by atoms with E-state index in [-0.39, 0.29) is 24.0 Å². The van der Waals surface area contributed by atoms with Crippen molar-refractivity contribution >= 4 is 40.8 Å². The predicted molar refractivity (Wildman–Crippen MR) is 120 cm³/mol. The molecule has 3 rings (SSSR count). The molecular formula is C19H26IN7. The Hall–Kier alpha value is -2.23. The second-order valence-electron chi connectivity index (χ2n) is 5.96. The summed E-state index contributed by atoms with van der Waals surface area (Å²) in [5, 5.41) is 15.9. The normalized spacial score (nSPS) is 11.3. The zero-order valence-corrected chi connectivity index (χ0v) is 18.1. The molecule has 8 heteroatoms. The van der Waals surface area contributed by atoms with Gasteiger partial charge in [0.15, 0.2) is 5.96 Å². The molecule has 0 aliphatic heterocycles. The minimum atomic E-state index is 0. The van der Waals surface area contributed by atoms with E-state index < -0.39 is 0 Å². The molecule has 0 fully saturated rings. The first-order valence-corrected chi connectivity index (χ1v) is 8.95. The Morgan fingerprint density at radius 1 is 1.15 bits per heavy atom. The zero-order valence-electron chi connectivity index (χ0n) is 15.7. The third-order valence-electron chi connectivity index (χ3n) is 4.28. The van der Waals surface area contributed by atoms with Gasteiger partial charge in [-0.1, -0.05) is 31.2 Å². The summed E-state index contributed by atoms with van der Waals surface area (Å²) in [6.45, 7) is 4.45. The van der Waals surface area contributed by atoms with E-state index in [0.717, 1.165) is 49.8 Å². The van der Waals surface area contributed by atoms with E-state index in [4.69, 9.17) is 0 Å². The highest BCUT2D eigenvalue weighted by atomic mass is 127. The van der Waals surface area contributed by atoms with Crippen molar-refractivity contribution in [2.24, 2.45) is 4.99 Å². The molecule has 0 saturated carbocycles. The van der Waals surface area contributed by atoms with Gasteiger partial charge in [-0.25, -0.2) is 0 Å². The van der Waals surface area contributed by atoms with Crippen LogP contribution in [0.3, 0.4) is 0 Å². The van der Waals surface area contributed by atoms with Crippen molar-refractivity contribution in [2.45, 2.75) is 26.3 Å². The first-order valence-electron chi connectivity index (χ1n) is 8.95. The van der Waals surface area contributed by atoms with Crippen molar-refractivity contribution < 1.29 is 0 Å². The van der Waals surface area contributed by atoms with E-state index in [9.17, 15) is 0 Å². The van der Waals surface area contributed by atoms with Crippen molar-refractivity contribution in [2.75, 3.05) is 20.1 Å². The summed E-state index contributed by atoms with van der Waals surface area (Å²) < 4.78 is 2.06. The van der Waals surface area contributed by atoms with Gasteiger partial charge in [-0.2, -0.15) is 0 Å². The Balaban J connectivity index is 0.00000261. The molecule has 0 atom stereocenters. The molecule has 0 aliphatic rings. The Morgan fingerprint density at radius 2 is 1.96 bits per heavy atom. The molecule has 2 heterocycles. The van der Waals surface area contributed by atoms with Crippen LogP contribution in [0.2, 0.25) is 0 Å². The van der Waals surface area contributed by atoms with Gasteiger partial charge < -0.3 is 15.2 Å². The van der Waals surface area contributed by atoms with Gasteiger partial charge in [0.2, 0.25) is 0 Å². The summed E-state index contributed by atoms with van der Waals surface area (Å²) >= 11 is 0. The fourth-order valence-corrected chi connectivity index (χ4v) is 2.94. The maximum Gasteiger partial charge on any atom is 0.191 e. The van der Waals surface area contributed by atoms with E-state index >= 15 is 0 Å². The fraction of sp³-hybridized carbons (Fsp3) is 0.368. The number of halogens is 1. The van der Waals surface area contributed by atoms with Crippen molar-refractivity contribution in [1.82, 2.24) is 30.4 Å². The lowest BCUT2D eigenvalue weighted by molar-refractivity contribution is 0.632. The minimum absolute atomic E-state index is 0. The van der Waals surface area contributed by atoms with Crippen LogP contribution in [0.15, 0.2) is 47.8 Å². The Kier molecular flexibility index (Phi) is 8.43. The van der Waals surface area contributed by atoms with Gasteiger partial charge in [-0.15, -0.1) is 34.2 Å². The summed E-state index contributed by atoms with van der Waals surface area (Å²) in [6.07, 6.45) is 5.38. The Bertz CT molecular complexity index is 870. The highest BCUT2D eigenvalue weighted by Crippen LogP contribution is 2.15. The molecule has 3 aromatic rings. The number of benzene rings is 1. The van der Waals surface area contributed by atoms with Gasteiger partial charge in [0.05, 0.1) is 5.52 Å². The van der Waals surface area contributed by atoms with Crippen LogP contribution in [0.1, 0.15) is 18.3 Å². The molecule has 144 valence electrons. The maximum atomic E-state index is 4.51. The third-order valence-corrected chi connectivity index (χ3v) is 4.28. The van der Waals surface area contributed by atoms with E-state index in [2.05, 4.69) is 66.6 Å². The molecule has 1 aromatic carbocycles. The first-order chi connectivity index (χ1) is 12.8. The van der Waals surface area contributed by atoms with Crippen LogP contribution >= 0.6 is 24.0 Å². The standard InChI is InChI=1S/C19H25N7.HI/c1-3-17-25-24-14-26(17)13-12-23-19(20-2)22-11-9-16-7-4-6-15-8-5-10-21-18(15)16;/h4-8,10,14H,3,9,11-13H2,1-2H3,(H2,20,22,23);1H. The van der Waals surface area contributed by atoms with Crippen molar-refractivity contribution in [3.8, 4) is 0 Å². The highest BCUT2D eigenvalue weighted by molar-refractivity contribution is 14.0. The SMILES string of the molecule is CCc1nncn1CCNC(=NC)NCCc1cccc2cccnc12.I. The molecule has 0 radical (unpaired) electrons. The number of para-hydroxylation sites is 1. The van der Waals surface area contributed by atoms with Crippen LogP contribution in [-0.2, 0) is 19.4 Å². The summed E-state index contributed by atoms with van der Waals surface area (Å²) in [5.74, 6) is 1.79. The van der Waals surface area contributed by atoms with E-state index in [1.807, 2.05) is 12.3 Å². The molecule has 27 heavy (non-hydrogen) atoms. The smallest absolute Gasteiger partial charge is 0.191 e. The molecule has 0 unspecified atom stereocenters. The van der Waals surface area contributed by atoms with Gasteiger partial charge in [0, 0.05) is 44.7 Å². The van der Waals surface area contributed by atoms with Crippen LogP contribution in [0.25, 0.3) is 10.9 Å². The van der Waals surface area contributed by atoms with Crippen molar-refractivity contribution in [1.29, 1.82) is 0 Å². The number of rotatable bonds is 7. The lowest BCUT2D eigenvalue weighted by Crippen LogP contribution is -2.39. The molecule has 2 aromatic heterocycles. The van der Waals surface area contributed by atoms with Gasteiger partial charge in [0.25, 0.3) is 0 Å². The second kappa shape index (κ2) is 10.8. The van der Waals surface area contributed by atoms with Gasteiger partial charge in [-0.05, 0) is 18.1 Å². The Morgan fingerprint density at radius 3 is 2.78 bits per heavy atom. The number of nitrogens with one attached hydrogen (secondary N) is 2. The molecule has 0 aliphatic carbocycles.